The van der Waals surface area contributed by atoms with Gasteiger partial charge in [0.05, 0.1) is 5.69 Å². The number of hydrogen-bond acceptors (Lipinski definition) is 5. The summed E-state index contributed by atoms with van der Waals surface area (Å²) >= 11 is 1.83. The molecule has 0 atom stereocenters. The van der Waals surface area contributed by atoms with Crippen LogP contribution < -0.4 is 0 Å². The maximum atomic E-state index is 5.21. The van der Waals surface area contributed by atoms with E-state index in [-0.39, 0.29) is 0 Å². The zero-order chi connectivity index (χ0) is 40.5. The summed E-state index contributed by atoms with van der Waals surface area (Å²) in [7, 11) is 0. The first-order valence-corrected chi connectivity index (χ1v) is 21.2. The summed E-state index contributed by atoms with van der Waals surface area (Å²) in [6, 6.07) is 74.9. The predicted molar refractivity (Wildman–Crippen MR) is 254 cm³/mol. The van der Waals surface area contributed by atoms with Crippen LogP contribution in [0.15, 0.2) is 219 Å². The first-order chi connectivity index (χ1) is 30.3. The van der Waals surface area contributed by atoms with Crippen LogP contribution in [0.4, 0.5) is 0 Å². The van der Waals surface area contributed by atoms with Crippen molar-refractivity contribution in [3.8, 4) is 89.4 Å². The molecule has 0 saturated heterocycles. The molecule has 0 aliphatic heterocycles. The molecule has 0 N–H and O–H groups in total. The molecule has 286 valence electrons. The van der Waals surface area contributed by atoms with Crippen LogP contribution in [-0.2, 0) is 0 Å². The highest BCUT2D eigenvalue weighted by Crippen LogP contribution is 2.55. The van der Waals surface area contributed by atoms with Gasteiger partial charge < -0.3 is 0 Å². The zero-order valence-corrected chi connectivity index (χ0v) is 33.8. The van der Waals surface area contributed by atoms with Gasteiger partial charge >= 0.3 is 0 Å². The molecule has 11 rings (SSSR count). The van der Waals surface area contributed by atoms with Crippen molar-refractivity contribution in [3.05, 3.63) is 219 Å². The van der Waals surface area contributed by atoms with Gasteiger partial charge in [-0.05, 0) is 85.6 Å². The van der Waals surface area contributed by atoms with Crippen LogP contribution >= 0.6 is 11.3 Å². The average Bonchev–Trinajstić information content (AvgIpc) is 3.73. The average molecular weight is 797 g/mol. The second-order valence-electron chi connectivity index (χ2n) is 15.0. The standard InChI is InChI=1S/C56H36N4S/c1-6-20-37(21-7-1)42-33-34-48-53(43-30-16-17-32-47(43)61-48)51(42)45-36-44(38-22-8-2-9-23-38)49(39-24-10-3-11-25-39)54(52(45)46-31-18-19-35-57-46)56-50(40-26-12-4-13-27-40)55(58-60-59-56)41-28-14-5-15-29-41/h1-36H. The lowest BCUT2D eigenvalue weighted by Crippen LogP contribution is -2.05. The Morgan fingerprint density at radius 3 is 1.51 bits per heavy atom. The van der Waals surface area contributed by atoms with E-state index >= 15 is 0 Å². The second kappa shape index (κ2) is 15.7. The highest BCUT2D eigenvalue weighted by Gasteiger charge is 2.31. The molecule has 0 aliphatic rings. The lowest BCUT2D eigenvalue weighted by Gasteiger charge is -2.26. The van der Waals surface area contributed by atoms with Crippen LogP contribution in [0.2, 0.25) is 0 Å². The summed E-state index contributed by atoms with van der Waals surface area (Å²) in [5, 5.41) is 17.0. The Morgan fingerprint density at radius 1 is 0.328 bits per heavy atom. The summed E-state index contributed by atoms with van der Waals surface area (Å²) in [5.74, 6) is 0. The lowest BCUT2D eigenvalue weighted by molar-refractivity contribution is 0.879. The van der Waals surface area contributed by atoms with Crippen molar-refractivity contribution in [2.75, 3.05) is 0 Å². The quantitative estimate of drug-likeness (QED) is 0.154. The van der Waals surface area contributed by atoms with Crippen LogP contribution in [0.5, 0.6) is 0 Å². The Balaban J connectivity index is 1.42. The van der Waals surface area contributed by atoms with E-state index < -0.39 is 0 Å². The van der Waals surface area contributed by atoms with Crippen molar-refractivity contribution in [1.29, 1.82) is 0 Å². The van der Waals surface area contributed by atoms with Crippen molar-refractivity contribution in [3.63, 3.8) is 0 Å². The molecule has 5 heteroatoms. The Morgan fingerprint density at radius 2 is 0.869 bits per heavy atom. The van der Waals surface area contributed by atoms with Crippen LogP contribution in [0.25, 0.3) is 110 Å². The van der Waals surface area contributed by atoms with E-state index in [1.807, 2.05) is 47.9 Å². The van der Waals surface area contributed by atoms with Gasteiger partial charge in [-0.1, -0.05) is 182 Å². The summed E-state index contributed by atoms with van der Waals surface area (Å²) in [6.45, 7) is 0. The highest BCUT2D eigenvalue weighted by atomic mass is 32.1. The predicted octanol–water partition coefficient (Wildman–Crippen LogP) is 15.0. The van der Waals surface area contributed by atoms with Crippen LogP contribution in [0.3, 0.4) is 0 Å². The third kappa shape index (κ3) is 6.49. The van der Waals surface area contributed by atoms with Gasteiger partial charge in [0, 0.05) is 48.6 Å². The van der Waals surface area contributed by atoms with E-state index in [9.17, 15) is 0 Å². The number of hydrogen-bond donors (Lipinski definition) is 0. The van der Waals surface area contributed by atoms with Gasteiger partial charge in [-0.2, -0.15) is 0 Å². The molecule has 0 spiro atoms. The van der Waals surface area contributed by atoms with Gasteiger partial charge in [0.2, 0.25) is 0 Å². The van der Waals surface area contributed by atoms with Crippen molar-refractivity contribution >= 4 is 31.5 Å². The lowest BCUT2D eigenvalue weighted by atomic mass is 9.78. The Kier molecular flexibility index (Phi) is 9.34. The monoisotopic (exact) mass is 796 g/mol. The molecule has 0 amide bonds. The summed E-state index contributed by atoms with van der Waals surface area (Å²) in [5.41, 5.74) is 15.8. The minimum absolute atomic E-state index is 0.724. The van der Waals surface area contributed by atoms with Gasteiger partial charge in [0.1, 0.15) is 11.4 Å². The van der Waals surface area contributed by atoms with Crippen molar-refractivity contribution in [1.82, 2.24) is 20.4 Å². The topological polar surface area (TPSA) is 51.6 Å². The Hall–Kier alpha value is -7.86. The fourth-order valence-electron chi connectivity index (χ4n) is 8.77. The number of aromatic nitrogens is 4. The van der Waals surface area contributed by atoms with Crippen LogP contribution in [0, 0.1) is 0 Å². The van der Waals surface area contributed by atoms with Gasteiger partial charge in [-0.15, -0.1) is 21.5 Å². The van der Waals surface area contributed by atoms with Gasteiger partial charge in [-0.3, -0.25) is 4.98 Å². The fraction of sp³-hybridized carbons (Fsp3) is 0. The van der Waals surface area contributed by atoms with E-state index in [2.05, 4.69) is 187 Å². The number of pyridine rings is 1. The molecule has 8 aromatic carbocycles. The second-order valence-corrected chi connectivity index (χ2v) is 16.0. The minimum atomic E-state index is 0.724. The maximum absolute atomic E-state index is 5.21. The molecule has 0 bridgehead atoms. The SMILES string of the molecule is c1ccc(-c2cc(-c3c(-c4ccccc4)ccc4sc5ccccc5c34)c(-c3ccccn3)c(-c3nnnc(-c4ccccc4)c3-c3ccccc3)c2-c2ccccc2)cc1. The third-order valence-electron chi connectivity index (χ3n) is 11.4. The van der Waals surface area contributed by atoms with Crippen molar-refractivity contribution in [2.45, 2.75) is 0 Å². The van der Waals surface area contributed by atoms with E-state index in [1.165, 1.54) is 20.2 Å². The summed E-state index contributed by atoms with van der Waals surface area (Å²) in [4.78, 5) is 5.21. The fourth-order valence-corrected chi connectivity index (χ4v) is 9.89. The highest BCUT2D eigenvalue weighted by molar-refractivity contribution is 7.26. The molecule has 61 heavy (non-hydrogen) atoms. The van der Waals surface area contributed by atoms with Crippen LogP contribution in [0.1, 0.15) is 0 Å². The van der Waals surface area contributed by atoms with Crippen LogP contribution in [-0.4, -0.2) is 20.4 Å². The number of thiophene rings is 1. The molecule has 0 radical (unpaired) electrons. The summed E-state index contributed by atoms with van der Waals surface area (Å²) in [6.07, 6.45) is 1.89. The van der Waals surface area contributed by atoms with Crippen molar-refractivity contribution < 1.29 is 0 Å². The molecular weight excluding hydrogens is 761 g/mol. The van der Waals surface area contributed by atoms with Crippen molar-refractivity contribution in [2.24, 2.45) is 0 Å². The minimum Gasteiger partial charge on any atom is -0.256 e. The molecule has 0 unspecified atom stereocenters. The largest absolute Gasteiger partial charge is 0.256 e. The first kappa shape index (κ1) is 36.2. The Labute approximate surface area is 358 Å². The normalized spacial score (nSPS) is 11.3. The number of fused-ring (bicyclic) bond motifs is 3. The summed E-state index contributed by atoms with van der Waals surface area (Å²) < 4.78 is 2.46. The zero-order valence-electron chi connectivity index (χ0n) is 33.0. The smallest absolute Gasteiger partial charge is 0.106 e. The molecule has 3 heterocycles. The maximum Gasteiger partial charge on any atom is 0.106 e. The van der Waals surface area contributed by atoms with Gasteiger partial charge in [-0.25, -0.2) is 0 Å². The molecule has 4 nitrogen and oxygen atoms in total. The molecule has 0 saturated carbocycles. The van der Waals surface area contributed by atoms with E-state index in [4.69, 9.17) is 15.2 Å². The van der Waals surface area contributed by atoms with E-state index in [1.54, 1.807) is 0 Å². The first-order valence-electron chi connectivity index (χ1n) is 20.4. The molecule has 0 fully saturated rings. The molecule has 0 aliphatic carbocycles. The van der Waals surface area contributed by atoms with E-state index in [0.29, 0.717) is 0 Å². The Bertz CT molecular complexity index is 3320. The van der Waals surface area contributed by atoms with Gasteiger partial charge in [0.15, 0.2) is 0 Å². The molecule has 11 aromatic rings. The third-order valence-corrected chi connectivity index (χ3v) is 12.5. The van der Waals surface area contributed by atoms with Gasteiger partial charge in [0.25, 0.3) is 0 Å². The number of benzene rings is 8. The number of nitrogens with zero attached hydrogens (tertiary/aromatic N) is 4. The molecular formula is C56H36N4S. The molecule has 3 aromatic heterocycles. The van der Waals surface area contributed by atoms with E-state index in [0.717, 1.165) is 89.4 Å². The number of rotatable bonds is 8.